The highest BCUT2D eigenvalue weighted by atomic mass is 32.1. The third-order valence-electron chi connectivity index (χ3n) is 10.6. The van der Waals surface area contributed by atoms with E-state index in [9.17, 15) is 0 Å². The third-order valence-corrected chi connectivity index (χ3v) is 13.1. The van der Waals surface area contributed by atoms with Gasteiger partial charge in [0.15, 0.2) is 0 Å². The maximum atomic E-state index is 2.47. The van der Waals surface area contributed by atoms with Crippen molar-refractivity contribution in [3.05, 3.63) is 188 Å². The van der Waals surface area contributed by atoms with Crippen LogP contribution >= 0.6 is 22.7 Å². The van der Waals surface area contributed by atoms with E-state index in [2.05, 4.69) is 193 Å². The Kier molecular flexibility index (Phi) is 6.97. The van der Waals surface area contributed by atoms with Crippen LogP contribution in [0.5, 0.6) is 0 Å². The molecule has 11 aromatic rings. The average molecular weight is 710 g/mol. The second kappa shape index (κ2) is 12.2. The van der Waals surface area contributed by atoms with Crippen molar-refractivity contribution in [1.82, 2.24) is 0 Å². The van der Waals surface area contributed by atoms with Crippen LogP contribution in [0.15, 0.2) is 188 Å². The zero-order chi connectivity index (χ0) is 34.9. The molecule has 0 aliphatic heterocycles. The molecule has 0 spiro atoms. The van der Waals surface area contributed by atoms with Crippen LogP contribution in [0.1, 0.15) is 0 Å². The molecule has 0 radical (unpaired) electrons. The molecule has 0 fully saturated rings. The monoisotopic (exact) mass is 709 g/mol. The van der Waals surface area contributed by atoms with Gasteiger partial charge in [0, 0.05) is 68.1 Å². The summed E-state index contributed by atoms with van der Waals surface area (Å²) in [4.78, 5) is 2.41. The molecular formula is C50H31NS2. The summed E-state index contributed by atoms with van der Waals surface area (Å²) in [6.07, 6.45) is 0. The highest BCUT2D eigenvalue weighted by Gasteiger charge is 2.20. The first-order valence-electron chi connectivity index (χ1n) is 18.0. The van der Waals surface area contributed by atoms with Crippen LogP contribution in [0.4, 0.5) is 17.1 Å². The summed E-state index contributed by atoms with van der Waals surface area (Å²) in [7, 11) is 0. The molecule has 3 heteroatoms. The number of rotatable bonds is 5. The molecular weight excluding hydrogens is 679 g/mol. The van der Waals surface area contributed by atoms with Crippen molar-refractivity contribution in [1.29, 1.82) is 0 Å². The summed E-state index contributed by atoms with van der Waals surface area (Å²) in [6, 6.07) is 68.9. The van der Waals surface area contributed by atoms with Gasteiger partial charge in [0.1, 0.15) is 0 Å². The van der Waals surface area contributed by atoms with Gasteiger partial charge >= 0.3 is 0 Å². The first-order valence-corrected chi connectivity index (χ1v) is 19.6. The lowest BCUT2D eigenvalue weighted by Crippen LogP contribution is -2.10. The molecule has 9 aromatic carbocycles. The predicted molar refractivity (Wildman–Crippen MR) is 233 cm³/mol. The Bertz CT molecular complexity index is 3170. The van der Waals surface area contributed by atoms with Gasteiger partial charge < -0.3 is 4.90 Å². The van der Waals surface area contributed by atoms with Crippen molar-refractivity contribution < 1.29 is 0 Å². The molecule has 0 atom stereocenters. The number of hydrogen-bond acceptors (Lipinski definition) is 3. The molecule has 2 aromatic heterocycles. The zero-order valence-corrected chi connectivity index (χ0v) is 30.3. The fourth-order valence-corrected chi connectivity index (χ4v) is 10.8. The van der Waals surface area contributed by atoms with E-state index in [1.165, 1.54) is 89.8 Å². The molecule has 1 nitrogen and oxygen atoms in total. The highest BCUT2D eigenvalue weighted by molar-refractivity contribution is 7.27. The fourth-order valence-electron chi connectivity index (χ4n) is 8.23. The lowest BCUT2D eigenvalue weighted by atomic mass is 9.94. The van der Waals surface area contributed by atoms with Gasteiger partial charge in [-0.3, -0.25) is 0 Å². The Balaban J connectivity index is 1.17. The standard InChI is InChI=1S/C50H31NS2/c1-3-14-33(15-4-1)37-23-12-24-40-41-25-13-26-42(49(41)53-48(37)40)43-31-45-44-30-35(28-29-47(44)52-50(45)39-22-10-9-21-38(39)43)51(34-18-5-2-6-19-34)46-27-11-17-32-16-7-8-20-36(32)46/h1-31H. The molecule has 0 bridgehead atoms. The van der Waals surface area contributed by atoms with Crippen LogP contribution in [-0.4, -0.2) is 0 Å². The van der Waals surface area contributed by atoms with Gasteiger partial charge in [-0.25, -0.2) is 0 Å². The number of anilines is 3. The normalized spacial score (nSPS) is 11.8. The first-order chi connectivity index (χ1) is 26.3. The topological polar surface area (TPSA) is 3.24 Å². The van der Waals surface area contributed by atoms with E-state index in [-0.39, 0.29) is 0 Å². The summed E-state index contributed by atoms with van der Waals surface area (Å²) >= 11 is 3.82. The van der Waals surface area contributed by atoms with E-state index in [1.54, 1.807) is 0 Å². The first kappa shape index (κ1) is 30.4. The van der Waals surface area contributed by atoms with Crippen molar-refractivity contribution in [2.45, 2.75) is 0 Å². The Hall–Kier alpha value is -6.26. The second-order valence-corrected chi connectivity index (χ2v) is 15.7. The minimum Gasteiger partial charge on any atom is -0.310 e. The van der Waals surface area contributed by atoms with Crippen molar-refractivity contribution >= 4 is 102 Å². The maximum Gasteiger partial charge on any atom is 0.0540 e. The van der Waals surface area contributed by atoms with E-state index in [1.807, 2.05) is 22.7 Å². The van der Waals surface area contributed by atoms with Gasteiger partial charge in [-0.2, -0.15) is 0 Å². The molecule has 0 aliphatic carbocycles. The smallest absolute Gasteiger partial charge is 0.0540 e. The molecule has 2 heterocycles. The lowest BCUT2D eigenvalue weighted by Gasteiger charge is -2.27. The molecule has 11 rings (SSSR count). The van der Waals surface area contributed by atoms with E-state index >= 15 is 0 Å². The van der Waals surface area contributed by atoms with Crippen molar-refractivity contribution in [3.8, 4) is 22.3 Å². The zero-order valence-electron chi connectivity index (χ0n) is 28.7. The number of nitrogens with zero attached hydrogens (tertiary/aromatic N) is 1. The summed E-state index contributed by atoms with van der Waals surface area (Å²) in [5, 5.41) is 10.3. The van der Waals surface area contributed by atoms with Crippen molar-refractivity contribution in [2.75, 3.05) is 4.90 Å². The molecule has 0 saturated carbocycles. The molecule has 248 valence electrons. The number of para-hydroxylation sites is 1. The Morgan fingerprint density at radius 1 is 0.321 bits per heavy atom. The highest BCUT2D eigenvalue weighted by Crippen LogP contribution is 2.49. The molecule has 0 aliphatic rings. The van der Waals surface area contributed by atoms with Gasteiger partial charge in [0.05, 0.1) is 5.69 Å². The van der Waals surface area contributed by atoms with Crippen LogP contribution in [0.25, 0.3) is 84.1 Å². The quantitative estimate of drug-likeness (QED) is 0.172. The molecule has 0 unspecified atom stereocenters. The van der Waals surface area contributed by atoms with Gasteiger partial charge in [-0.05, 0) is 69.9 Å². The van der Waals surface area contributed by atoms with E-state index in [0.717, 1.165) is 11.4 Å². The third kappa shape index (κ3) is 4.82. The van der Waals surface area contributed by atoms with Crippen molar-refractivity contribution in [2.24, 2.45) is 0 Å². The largest absolute Gasteiger partial charge is 0.310 e. The Morgan fingerprint density at radius 2 is 0.925 bits per heavy atom. The van der Waals surface area contributed by atoms with E-state index in [0.29, 0.717) is 0 Å². The van der Waals surface area contributed by atoms with Gasteiger partial charge in [0.2, 0.25) is 0 Å². The average Bonchev–Trinajstić information content (AvgIpc) is 3.80. The van der Waals surface area contributed by atoms with Gasteiger partial charge in [-0.15, -0.1) is 22.7 Å². The number of hydrogen-bond donors (Lipinski definition) is 0. The summed E-state index contributed by atoms with van der Waals surface area (Å²) in [5.41, 5.74) is 8.58. The maximum absolute atomic E-state index is 2.47. The van der Waals surface area contributed by atoms with Crippen LogP contribution in [0, 0.1) is 0 Å². The Labute approximate surface area is 315 Å². The summed E-state index contributed by atoms with van der Waals surface area (Å²) in [5.74, 6) is 0. The van der Waals surface area contributed by atoms with Crippen LogP contribution in [0.3, 0.4) is 0 Å². The minimum atomic E-state index is 1.14. The number of fused-ring (bicyclic) bond motifs is 9. The summed E-state index contributed by atoms with van der Waals surface area (Å²) in [6.45, 7) is 0. The SMILES string of the molecule is c1ccc(-c2cccc3c2sc2c(-c4cc5c6cc(N(c7ccccc7)c7cccc8ccccc78)ccc6sc5c5ccccc45)cccc23)cc1. The van der Waals surface area contributed by atoms with E-state index in [4.69, 9.17) is 0 Å². The molecule has 53 heavy (non-hydrogen) atoms. The fraction of sp³-hybridized carbons (Fsp3) is 0. The van der Waals surface area contributed by atoms with Crippen molar-refractivity contribution in [3.63, 3.8) is 0 Å². The number of benzene rings is 9. The Morgan fingerprint density at radius 3 is 1.74 bits per heavy atom. The second-order valence-electron chi connectivity index (χ2n) is 13.6. The molecule has 0 amide bonds. The minimum absolute atomic E-state index is 1.14. The predicted octanol–water partition coefficient (Wildman–Crippen LogP) is 15.5. The van der Waals surface area contributed by atoms with E-state index < -0.39 is 0 Å². The molecule has 0 N–H and O–H groups in total. The van der Waals surface area contributed by atoms with Crippen LogP contribution in [0.2, 0.25) is 0 Å². The summed E-state index contributed by atoms with van der Waals surface area (Å²) < 4.78 is 5.31. The van der Waals surface area contributed by atoms with Crippen LogP contribution < -0.4 is 4.90 Å². The van der Waals surface area contributed by atoms with Gasteiger partial charge in [-0.1, -0.05) is 146 Å². The number of thiophene rings is 2. The van der Waals surface area contributed by atoms with Crippen LogP contribution in [-0.2, 0) is 0 Å². The van der Waals surface area contributed by atoms with Gasteiger partial charge in [0.25, 0.3) is 0 Å². The lowest BCUT2D eigenvalue weighted by molar-refractivity contribution is 1.30. The molecule has 0 saturated heterocycles.